The summed E-state index contributed by atoms with van der Waals surface area (Å²) in [6.45, 7) is 22.0. The fraction of sp³-hybridized carbons (Fsp3) is 0.700. The van der Waals surface area contributed by atoms with Crippen LogP contribution in [0.4, 0.5) is 0 Å². The van der Waals surface area contributed by atoms with Crippen LogP contribution in [0.5, 0.6) is 0 Å². The molecular weight excluding hydrogens is 542 g/mol. The van der Waals surface area contributed by atoms with Crippen LogP contribution in [-0.2, 0) is 9.59 Å². The average Bonchev–Trinajstić information content (AvgIpc) is 3.35. The summed E-state index contributed by atoms with van der Waals surface area (Å²) < 4.78 is 0. The summed E-state index contributed by atoms with van der Waals surface area (Å²) >= 11 is 0. The Labute approximate surface area is 266 Å². The number of carboxylic acids is 1. The zero-order valence-electron chi connectivity index (χ0n) is 28.5. The summed E-state index contributed by atoms with van der Waals surface area (Å²) in [5.74, 6) is 1.71. The first-order chi connectivity index (χ1) is 20.6. The zero-order chi connectivity index (χ0) is 31.9. The van der Waals surface area contributed by atoms with Crippen molar-refractivity contribution >= 4 is 17.4 Å². The highest BCUT2D eigenvalue weighted by atomic mass is 16.4. The van der Waals surface area contributed by atoms with Gasteiger partial charge in [0.2, 0.25) is 5.91 Å². The molecule has 0 heterocycles. The maximum atomic E-state index is 14.0. The monoisotopic (exact) mass is 599 g/mol. The van der Waals surface area contributed by atoms with E-state index >= 15 is 0 Å². The predicted octanol–water partition coefficient (Wildman–Crippen LogP) is 9.24. The van der Waals surface area contributed by atoms with Gasteiger partial charge in [0.25, 0.3) is 0 Å². The fourth-order valence-electron chi connectivity index (χ4n) is 12.8. The Hall–Kier alpha value is -2.36. The highest BCUT2D eigenvalue weighted by Gasteiger charge is 2.71. The van der Waals surface area contributed by atoms with E-state index in [1.165, 1.54) is 48.0 Å². The van der Waals surface area contributed by atoms with Gasteiger partial charge >= 0.3 is 5.97 Å². The Morgan fingerprint density at radius 2 is 1.61 bits per heavy atom. The number of aliphatic carboxylic acids is 1. The summed E-state index contributed by atoms with van der Waals surface area (Å²) in [5.41, 5.74) is 5.84. The van der Waals surface area contributed by atoms with Gasteiger partial charge in [-0.2, -0.15) is 0 Å². The second-order valence-electron chi connectivity index (χ2n) is 17.2. The van der Waals surface area contributed by atoms with Crippen molar-refractivity contribution in [3.05, 3.63) is 53.6 Å². The molecule has 2 N–H and O–H groups in total. The lowest BCUT2D eigenvalue weighted by molar-refractivity contribution is -0.225. The van der Waals surface area contributed by atoms with Crippen LogP contribution in [-0.4, -0.2) is 23.5 Å². The summed E-state index contributed by atoms with van der Waals surface area (Å²) in [6.07, 6.45) is 12.6. The van der Waals surface area contributed by atoms with Gasteiger partial charge in [-0.3, -0.25) is 9.59 Å². The Morgan fingerprint density at radius 1 is 0.909 bits per heavy atom. The molecule has 0 bridgehead atoms. The Bertz CT molecular complexity index is 1370. The molecule has 5 aliphatic rings. The Balaban J connectivity index is 1.34. The largest absolute Gasteiger partial charge is 0.481 e. The quantitative estimate of drug-likeness (QED) is 0.320. The average molecular weight is 600 g/mol. The molecule has 0 saturated heterocycles. The molecule has 4 nitrogen and oxygen atoms in total. The molecule has 4 saturated carbocycles. The van der Waals surface area contributed by atoms with Gasteiger partial charge in [0.05, 0.1) is 11.8 Å². The molecule has 44 heavy (non-hydrogen) atoms. The molecular formula is C40H57NO3. The minimum atomic E-state index is -0.858. The summed E-state index contributed by atoms with van der Waals surface area (Å²) in [4.78, 5) is 25.3. The first kappa shape index (κ1) is 31.6. The third-order valence-corrected chi connectivity index (χ3v) is 15.1. The second kappa shape index (κ2) is 10.6. The number of hydrogen-bond donors (Lipinski definition) is 2. The minimum absolute atomic E-state index is 0.0204. The predicted molar refractivity (Wildman–Crippen MR) is 179 cm³/mol. The van der Waals surface area contributed by atoms with E-state index in [1.54, 1.807) is 0 Å². The normalized spacial score (nSPS) is 42.2. The lowest BCUT2D eigenvalue weighted by Gasteiger charge is -2.72. The number of carboxylic acid groups (broad SMARTS) is 1. The summed E-state index contributed by atoms with van der Waals surface area (Å²) in [5, 5.41) is 12.3. The first-order valence-electron chi connectivity index (χ1n) is 17.5. The molecule has 0 aromatic heterocycles. The minimum Gasteiger partial charge on any atom is -0.481 e. The van der Waals surface area contributed by atoms with Crippen LogP contribution in [0.15, 0.2) is 42.5 Å². The molecule has 0 unspecified atom stereocenters. The number of fused-ring (bicyclic) bond motifs is 7. The van der Waals surface area contributed by atoms with E-state index < -0.39 is 11.4 Å². The highest BCUT2D eigenvalue weighted by Crippen LogP contribution is 2.77. The maximum Gasteiger partial charge on any atom is 0.305 e. The molecule has 9 atom stereocenters. The topological polar surface area (TPSA) is 66.4 Å². The SMILES string of the molecule is C=C(C)[C@@H]1CC[C@]2(C(=O)NCCC(=O)O)CC[C@]3(C)[C@H](CC[C@@H]4[C@@]5(C)CC=C(c6ccc(C)cc6)C(C)(C)[C@@H]5CC[C@]43C)[C@@H]12. The van der Waals surface area contributed by atoms with Gasteiger partial charge in [-0.1, -0.05) is 82.7 Å². The number of allylic oxidation sites excluding steroid dienone is 3. The Morgan fingerprint density at radius 3 is 2.27 bits per heavy atom. The van der Waals surface area contributed by atoms with Gasteiger partial charge in [-0.25, -0.2) is 0 Å². The van der Waals surface area contributed by atoms with E-state index in [4.69, 9.17) is 0 Å². The number of hydrogen-bond acceptors (Lipinski definition) is 2. The van der Waals surface area contributed by atoms with Crippen LogP contribution < -0.4 is 5.32 Å². The van der Waals surface area contributed by atoms with Crippen LogP contribution in [0.2, 0.25) is 0 Å². The van der Waals surface area contributed by atoms with Crippen LogP contribution in [0.1, 0.15) is 117 Å². The highest BCUT2D eigenvalue weighted by molar-refractivity contribution is 5.84. The van der Waals surface area contributed by atoms with Crippen LogP contribution in [0, 0.1) is 63.6 Å². The lowest BCUT2D eigenvalue weighted by Crippen LogP contribution is -2.66. The number of carbonyl (C=O) groups is 2. The molecule has 6 rings (SSSR count). The lowest BCUT2D eigenvalue weighted by atomic mass is 9.32. The number of nitrogens with one attached hydrogen (secondary N) is 1. The van der Waals surface area contributed by atoms with Crippen molar-refractivity contribution in [1.29, 1.82) is 0 Å². The smallest absolute Gasteiger partial charge is 0.305 e. The maximum absolute atomic E-state index is 14.0. The summed E-state index contributed by atoms with van der Waals surface area (Å²) in [7, 11) is 0. The van der Waals surface area contributed by atoms with Crippen LogP contribution in [0.25, 0.3) is 5.57 Å². The van der Waals surface area contributed by atoms with E-state index in [1.807, 2.05) is 0 Å². The van der Waals surface area contributed by atoms with Gasteiger partial charge in [0.1, 0.15) is 0 Å². The van der Waals surface area contributed by atoms with Gasteiger partial charge in [-0.05, 0) is 134 Å². The van der Waals surface area contributed by atoms with Crippen molar-refractivity contribution in [2.24, 2.45) is 56.7 Å². The second-order valence-corrected chi connectivity index (χ2v) is 17.2. The standard InChI is InChI=1S/C40H57NO3/c1-25(2)28-15-21-40(35(44)41-24-18-33(42)43)23-22-38(7)30(34(28)40)13-14-32-37(6)19-16-29(27-11-9-26(3)10-12-27)36(4,5)31(37)17-20-39(32,38)8/h9-12,16,28,30-32,34H,1,13-15,17-24H2,2-8H3,(H,41,44)(H,42,43)/t28-,30+,31-,32+,34+,37-,38+,39+,40-/m0/s1. The molecule has 4 heteroatoms. The molecule has 0 aliphatic heterocycles. The number of rotatable bonds is 6. The van der Waals surface area contributed by atoms with Crippen molar-refractivity contribution in [3.63, 3.8) is 0 Å². The van der Waals surface area contributed by atoms with Crippen molar-refractivity contribution in [2.45, 2.75) is 113 Å². The molecule has 1 amide bonds. The van der Waals surface area contributed by atoms with Crippen LogP contribution >= 0.6 is 0 Å². The first-order valence-corrected chi connectivity index (χ1v) is 17.5. The van der Waals surface area contributed by atoms with Crippen molar-refractivity contribution in [1.82, 2.24) is 5.32 Å². The van der Waals surface area contributed by atoms with Gasteiger partial charge in [0.15, 0.2) is 0 Å². The van der Waals surface area contributed by atoms with E-state index in [9.17, 15) is 14.7 Å². The van der Waals surface area contributed by atoms with Crippen molar-refractivity contribution < 1.29 is 14.7 Å². The van der Waals surface area contributed by atoms with Crippen LogP contribution in [0.3, 0.4) is 0 Å². The van der Waals surface area contributed by atoms with Crippen molar-refractivity contribution in [2.75, 3.05) is 6.54 Å². The molecule has 240 valence electrons. The van der Waals surface area contributed by atoms with Gasteiger partial charge in [0, 0.05) is 6.54 Å². The molecule has 0 spiro atoms. The molecule has 5 aliphatic carbocycles. The number of aryl methyl sites for hydroxylation is 1. The number of amides is 1. The third-order valence-electron chi connectivity index (χ3n) is 15.1. The number of carbonyl (C=O) groups excluding carboxylic acids is 1. The molecule has 1 aromatic rings. The molecule has 0 radical (unpaired) electrons. The fourth-order valence-corrected chi connectivity index (χ4v) is 12.8. The third kappa shape index (κ3) is 4.35. The molecule has 1 aromatic carbocycles. The van der Waals surface area contributed by atoms with E-state index in [0.717, 1.165) is 32.1 Å². The van der Waals surface area contributed by atoms with E-state index in [-0.39, 0.29) is 40.5 Å². The molecule has 4 fully saturated rings. The summed E-state index contributed by atoms with van der Waals surface area (Å²) in [6, 6.07) is 9.18. The number of benzene rings is 1. The van der Waals surface area contributed by atoms with E-state index in [0.29, 0.717) is 29.6 Å². The zero-order valence-corrected chi connectivity index (χ0v) is 28.5. The van der Waals surface area contributed by atoms with Gasteiger partial charge in [-0.15, -0.1) is 0 Å². The van der Waals surface area contributed by atoms with Gasteiger partial charge < -0.3 is 10.4 Å². The van der Waals surface area contributed by atoms with Crippen molar-refractivity contribution in [3.8, 4) is 0 Å². The van der Waals surface area contributed by atoms with E-state index in [2.05, 4.69) is 90.7 Å². The Kier molecular flexibility index (Phi) is 7.61.